The third-order valence-corrected chi connectivity index (χ3v) is 3.77. The molecular formula is C19H32N4O3. The number of carbonyl (C=O) groups excluding carboxylic acids is 1. The Bertz CT molecular complexity index is 588. The average molecular weight is 364 g/mol. The van der Waals surface area contributed by atoms with Crippen LogP contribution in [0.3, 0.4) is 0 Å². The maximum Gasteiger partial charge on any atom is 0.223 e. The van der Waals surface area contributed by atoms with Crippen molar-refractivity contribution in [1.29, 1.82) is 0 Å². The number of carbonyl (C=O) groups is 1. The van der Waals surface area contributed by atoms with Gasteiger partial charge in [-0.15, -0.1) is 0 Å². The molecule has 7 nitrogen and oxygen atoms in total. The first-order valence-electron chi connectivity index (χ1n) is 8.83. The highest BCUT2D eigenvalue weighted by Crippen LogP contribution is 2.20. The van der Waals surface area contributed by atoms with E-state index < -0.39 is 0 Å². The van der Waals surface area contributed by atoms with Gasteiger partial charge in [-0.3, -0.25) is 9.79 Å². The molecule has 0 saturated carbocycles. The van der Waals surface area contributed by atoms with Crippen LogP contribution in [-0.4, -0.2) is 64.8 Å². The number of aryl methyl sites for hydroxylation is 1. The average Bonchev–Trinajstić information content (AvgIpc) is 2.62. The van der Waals surface area contributed by atoms with Crippen molar-refractivity contribution in [2.45, 2.75) is 26.3 Å². The highest BCUT2D eigenvalue weighted by molar-refractivity contribution is 5.81. The molecule has 7 heteroatoms. The topological polar surface area (TPSA) is 75.2 Å². The van der Waals surface area contributed by atoms with E-state index in [9.17, 15) is 4.79 Å². The number of ether oxygens (including phenoxy) is 2. The minimum absolute atomic E-state index is 0.0817. The fourth-order valence-corrected chi connectivity index (χ4v) is 2.24. The summed E-state index contributed by atoms with van der Waals surface area (Å²) in [4.78, 5) is 17.4. The lowest BCUT2D eigenvalue weighted by molar-refractivity contribution is -0.128. The highest BCUT2D eigenvalue weighted by Gasteiger charge is 2.07. The molecule has 0 saturated heterocycles. The smallest absolute Gasteiger partial charge is 0.223 e. The van der Waals surface area contributed by atoms with Crippen LogP contribution in [0.15, 0.2) is 23.2 Å². The summed E-state index contributed by atoms with van der Waals surface area (Å²) >= 11 is 0. The molecule has 26 heavy (non-hydrogen) atoms. The van der Waals surface area contributed by atoms with Gasteiger partial charge >= 0.3 is 0 Å². The van der Waals surface area contributed by atoms with Gasteiger partial charge in [0.05, 0.1) is 6.61 Å². The maximum atomic E-state index is 11.6. The quantitative estimate of drug-likeness (QED) is 0.374. The van der Waals surface area contributed by atoms with Gasteiger partial charge in [0.1, 0.15) is 5.75 Å². The van der Waals surface area contributed by atoms with E-state index in [0.717, 1.165) is 23.3 Å². The van der Waals surface area contributed by atoms with Crippen LogP contribution < -0.4 is 15.4 Å². The van der Waals surface area contributed by atoms with E-state index in [1.165, 1.54) is 0 Å². The molecule has 0 spiro atoms. The lowest BCUT2D eigenvalue weighted by Gasteiger charge is -2.16. The van der Waals surface area contributed by atoms with Gasteiger partial charge in [-0.2, -0.15) is 0 Å². The number of amides is 1. The van der Waals surface area contributed by atoms with Crippen molar-refractivity contribution in [3.8, 4) is 5.75 Å². The van der Waals surface area contributed by atoms with Crippen LogP contribution in [0.4, 0.5) is 0 Å². The zero-order chi connectivity index (χ0) is 19.4. The molecule has 1 aromatic carbocycles. The molecule has 1 aromatic rings. The van der Waals surface area contributed by atoms with Crippen LogP contribution in [-0.2, 0) is 16.1 Å². The van der Waals surface area contributed by atoms with Crippen LogP contribution in [0.25, 0.3) is 0 Å². The summed E-state index contributed by atoms with van der Waals surface area (Å²) in [7, 11) is 6.90. The lowest BCUT2D eigenvalue weighted by atomic mass is 10.1. The number of nitrogens with one attached hydrogen (secondary N) is 2. The molecule has 0 aliphatic rings. The van der Waals surface area contributed by atoms with Crippen LogP contribution in [0.1, 0.15) is 24.0 Å². The number of aliphatic imine (C=N–C) groups is 1. The van der Waals surface area contributed by atoms with E-state index in [2.05, 4.69) is 27.8 Å². The standard InChI is InChI=1S/C19H32N4O3/c1-15-7-8-16(17(13-15)26-12-6-11-25-5)14-22-19(20-2)21-10-9-18(24)23(3)4/h7-8,13H,6,9-12,14H2,1-5H3,(H2,20,21,22). The molecular weight excluding hydrogens is 332 g/mol. The second kappa shape index (κ2) is 12.1. The van der Waals surface area contributed by atoms with E-state index >= 15 is 0 Å². The Kier molecular flexibility index (Phi) is 10.2. The second-order valence-electron chi connectivity index (χ2n) is 6.20. The Hall–Kier alpha value is -2.28. The van der Waals surface area contributed by atoms with Crippen LogP contribution in [0.5, 0.6) is 5.75 Å². The monoisotopic (exact) mass is 364 g/mol. The number of rotatable bonds is 10. The highest BCUT2D eigenvalue weighted by atomic mass is 16.5. The molecule has 0 unspecified atom stereocenters. The molecule has 2 N–H and O–H groups in total. The maximum absolute atomic E-state index is 11.6. The van der Waals surface area contributed by atoms with E-state index in [1.807, 2.05) is 13.0 Å². The number of nitrogens with zero attached hydrogens (tertiary/aromatic N) is 2. The molecule has 0 bridgehead atoms. The number of benzene rings is 1. The van der Waals surface area contributed by atoms with Crippen molar-refractivity contribution in [3.05, 3.63) is 29.3 Å². The number of hydrogen-bond acceptors (Lipinski definition) is 4. The summed E-state index contributed by atoms with van der Waals surface area (Å²) in [6.45, 7) is 4.46. The second-order valence-corrected chi connectivity index (χ2v) is 6.20. The first-order chi connectivity index (χ1) is 12.5. The van der Waals surface area contributed by atoms with Crippen molar-refractivity contribution < 1.29 is 14.3 Å². The summed E-state index contributed by atoms with van der Waals surface area (Å²) < 4.78 is 10.9. The van der Waals surface area contributed by atoms with Gasteiger partial charge in [-0.25, -0.2) is 0 Å². The van der Waals surface area contributed by atoms with E-state index in [-0.39, 0.29) is 5.91 Å². The number of methoxy groups -OCH3 is 1. The first-order valence-corrected chi connectivity index (χ1v) is 8.83. The largest absolute Gasteiger partial charge is 0.493 e. The molecule has 0 heterocycles. The fourth-order valence-electron chi connectivity index (χ4n) is 2.24. The lowest BCUT2D eigenvalue weighted by Crippen LogP contribution is -2.38. The van der Waals surface area contributed by atoms with Crippen molar-refractivity contribution in [1.82, 2.24) is 15.5 Å². The van der Waals surface area contributed by atoms with Crippen LogP contribution >= 0.6 is 0 Å². The minimum atomic E-state index is 0.0817. The van der Waals surface area contributed by atoms with E-state index in [0.29, 0.717) is 38.7 Å². The van der Waals surface area contributed by atoms with Gasteiger partial charge in [-0.1, -0.05) is 12.1 Å². The molecule has 0 radical (unpaired) electrons. The SMILES string of the molecule is CN=C(NCCC(=O)N(C)C)NCc1ccc(C)cc1OCCCOC. The van der Waals surface area contributed by atoms with E-state index in [4.69, 9.17) is 9.47 Å². The normalized spacial score (nSPS) is 11.2. The summed E-state index contributed by atoms with van der Waals surface area (Å²) in [5.41, 5.74) is 2.21. The Morgan fingerprint density at radius 2 is 2.00 bits per heavy atom. The fraction of sp³-hybridized carbons (Fsp3) is 0.579. The minimum Gasteiger partial charge on any atom is -0.493 e. The predicted octanol–water partition coefficient (Wildman–Crippen LogP) is 1.55. The molecule has 0 aromatic heterocycles. The molecule has 0 aliphatic carbocycles. The van der Waals surface area contributed by atoms with Crippen molar-refractivity contribution in [2.24, 2.45) is 4.99 Å². The summed E-state index contributed by atoms with van der Waals surface area (Å²) in [6.07, 6.45) is 1.27. The van der Waals surface area contributed by atoms with Gasteiger partial charge in [0.15, 0.2) is 5.96 Å². The van der Waals surface area contributed by atoms with Crippen molar-refractivity contribution in [2.75, 3.05) is 48.0 Å². The van der Waals surface area contributed by atoms with Crippen molar-refractivity contribution >= 4 is 11.9 Å². The van der Waals surface area contributed by atoms with Gasteiger partial charge in [0.2, 0.25) is 5.91 Å². The number of hydrogen-bond donors (Lipinski definition) is 2. The molecule has 0 fully saturated rings. The Morgan fingerprint density at radius 3 is 2.65 bits per heavy atom. The predicted molar refractivity (Wildman–Crippen MR) is 105 cm³/mol. The molecule has 0 aliphatic heterocycles. The molecule has 1 rings (SSSR count). The van der Waals surface area contributed by atoms with E-state index in [1.54, 1.807) is 33.2 Å². The summed E-state index contributed by atoms with van der Waals surface area (Å²) in [6, 6.07) is 6.15. The Morgan fingerprint density at radius 1 is 1.23 bits per heavy atom. The summed E-state index contributed by atoms with van der Waals surface area (Å²) in [5, 5.41) is 6.41. The number of guanidine groups is 1. The van der Waals surface area contributed by atoms with Crippen molar-refractivity contribution in [3.63, 3.8) is 0 Å². The van der Waals surface area contributed by atoms with Gasteiger partial charge < -0.3 is 25.0 Å². The van der Waals surface area contributed by atoms with Crippen LogP contribution in [0.2, 0.25) is 0 Å². The van der Waals surface area contributed by atoms with Gasteiger partial charge in [0, 0.05) is 66.4 Å². The zero-order valence-corrected chi connectivity index (χ0v) is 16.6. The Labute approximate surface area is 156 Å². The molecule has 146 valence electrons. The van der Waals surface area contributed by atoms with Crippen LogP contribution in [0, 0.1) is 6.92 Å². The molecule has 0 atom stereocenters. The third-order valence-electron chi connectivity index (χ3n) is 3.77. The summed E-state index contributed by atoms with van der Waals surface area (Å²) in [5.74, 6) is 1.60. The third kappa shape index (κ3) is 8.20. The zero-order valence-electron chi connectivity index (χ0n) is 16.6. The molecule has 1 amide bonds. The first kappa shape index (κ1) is 21.8. The van der Waals surface area contributed by atoms with Gasteiger partial charge in [-0.05, 0) is 18.6 Å². The Balaban J connectivity index is 2.54. The van der Waals surface area contributed by atoms with Gasteiger partial charge in [0.25, 0.3) is 0 Å².